The molecule has 1 aromatic carbocycles. The van der Waals surface area contributed by atoms with Crippen LogP contribution in [0.2, 0.25) is 0 Å². The fraction of sp³-hybridized carbons (Fsp3) is 0.538. The summed E-state index contributed by atoms with van der Waals surface area (Å²) in [7, 11) is 0. The second-order valence-electron chi connectivity index (χ2n) is 4.72. The molecular formula is C13H20N2O2. The Labute approximate surface area is 102 Å². The molecule has 0 saturated heterocycles. The van der Waals surface area contributed by atoms with Gasteiger partial charge < -0.3 is 5.32 Å². The first-order chi connectivity index (χ1) is 8.00. The van der Waals surface area contributed by atoms with Gasteiger partial charge in [-0.25, -0.2) is 0 Å². The summed E-state index contributed by atoms with van der Waals surface area (Å²) in [6, 6.07) is 4.92. The summed E-state index contributed by atoms with van der Waals surface area (Å²) < 4.78 is 0. The Morgan fingerprint density at radius 3 is 2.71 bits per heavy atom. The number of nitrogens with one attached hydrogen (secondary N) is 1. The van der Waals surface area contributed by atoms with Gasteiger partial charge in [0.2, 0.25) is 0 Å². The molecule has 0 aliphatic rings. The molecule has 0 fully saturated rings. The van der Waals surface area contributed by atoms with Crippen LogP contribution in [0.4, 0.5) is 11.4 Å². The maximum atomic E-state index is 10.7. The van der Waals surface area contributed by atoms with Crippen molar-refractivity contribution in [2.75, 3.05) is 11.9 Å². The highest BCUT2D eigenvalue weighted by atomic mass is 16.6. The summed E-state index contributed by atoms with van der Waals surface area (Å²) in [6.45, 7) is 7.20. The number of hydrogen-bond acceptors (Lipinski definition) is 3. The summed E-state index contributed by atoms with van der Waals surface area (Å²) >= 11 is 0. The summed E-state index contributed by atoms with van der Waals surface area (Å²) in [6.07, 6.45) is 2.25. The first-order valence-corrected chi connectivity index (χ1v) is 5.99. The molecule has 0 aliphatic heterocycles. The summed E-state index contributed by atoms with van der Waals surface area (Å²) in [5, 5.41) is 13.9. The van der Waals surface area contributed by atoms with E-state index in [1.807, 2.05) is 6.92 Å². The van der Waals surface area contributed by atoms with E-state index in [0.29, 0.717) is 5.92 Å². The smallest absolute Gasteiger partial charge is 0.271 e. The molecule has 0 spiro atoms. The van der Waals surface area contributed by atoms with E-state index in [0.717, 1.165) is 24.2 Å². The minimum absolute atomic E-state index is 0.141. The van der Waals surface area contributed by atoms with E-state index < -0.39 is 0 Å². The molecule has 0 aromatic heterocycles. The maximum absolute atomic E-state index is 10.7. The normalized spacial score (nSPS) is 10.6. The van der Waals surface area contributed by atoms with E-state index in [9.17, 15) is 10.1 Å². The van der Waals surface area contributed by atoms with Crippen molar-refractivity contribution in [3.05, 3.63) is 33.9 Å². The van der Waals surface area contributed by atoms with E-state index in [1.54, 1.807) is 12.1 Å². The average molecular weight is 236 g/mol. The number of hydrogen-bond donors (Lipinski definition) is 1. The number of nitro benzene ring substituents is 1. The summed E-state index contributed by atoms with van der Waals surface area (Å²) in [4.78, 5) is 10.3. The number of rotatable bonds is 6. The molecule has 0 aliphatic carbocycles. The Morgan fingerprint density at radius 1 is 1.41 bits per heavy atom. The zero-order valence-corrected chi connectivity index (χ0v) is 10.7. The fourth-order valence-electron chi connectivity index (χ4n) is 1.65. The Bertz CT molecular complexity index is 389. The molecule has 0 saturated carbocycles. The van der Waals surface area contributed by atoms with Crippen molar-refractivity contribution in [3.63, 3.8) is 0 Å². The molecule has 1 rings (SSSR count). The number of anilines is 1. The third-order valence-corrected chi connectivity index (χ3v) is 2.71. The number of benzene rings is 1. The highest BCUT2D eigenvalue weighted by molar-refractivity contribution is 5.56. The Kier molecular flexibility index (Phi) is 4.94. The Balaban J connectivity index is 2.57. The number of nitro groups is 1. The molecule has 0 bridgehead atoms. The van der Waals surface area contributed by atoms with Crippen LogP contribution < -0.4 is 5.32 Å². The van der Waals surface area contributed by atoms with Crippen molar-refractivity contribution in [1.82, 2.24) is 0 Å². The van der Waals surface area contributed by atoms with E-state index >= 15 is 0 Å². The largest absolute Gasteiger partial charge is 0.385 e. The van der Waals surface area contributed by atoms with Gasteiger partial charge in [0.05, 0.1) is 4.92 Å². The molecule has 1 aromatic rings. The number of non-ortho nitro benzene ring substituents is 1. The molecule has 0 radical (unpaired) electrons. The molecule has 17 heavy (non-hydrogen) atoms. The third-order valence-electron chi connectivity index (χ3n) is 2.71. The lowest BCUT2D eigenvalue weighted by Gasteiger charge is -2.10. The van der Waals surface area contributed by atoms with Crippen molar-refractivity contribution in [1.29, 1.82) is 0 Å². The zero-order valence-electron chi connectivity index (χ0n) is 10.7. The van der Waals surface area contributed by atoms with Crippen molar-refractivity contribution in [2.45, 2.75) is 33.6 Å². The lowest BCUT2D eigenvalue weighted by Crippen LogP contribution is -2.04. The third kappa shape index (κ3) is 4.43. The second-order valence-corrected chi connectivity index (χ2v) is 4.72. The van der Waals surface area contributed by atoms with Crippen molar-refractivity contribution >= 4 is 11.4 Å². The first kappa shape index (κ1) is 13.5. The number of aryl methyl sites for hydroxylation is 1. The van der Waals surface area contributed by atoms with E-state index in [-0.39, 0.29) is 10.6 Å². The van der Waals surface area contributed by atoms with Gasteiger partial charge in [0.1, 0.15) is 0 Å². The van der Waals surface area contributed by atoms with Crippen LogP contribution in [0.3, 0.4) is 0 Å². The Hall–Kier alpha value is -1.58. The van der Waals surface area contributed by atoms with Crippen molar-refractivity contribution in [2.24, 2.45) is 5.92 Å². The van der Waals surface area contributed by atoms with E-state index in [4.69, 9.17) is 0 Å². The van der Waals surface area contributed by atoms with Gasteiger partial charge in [-0.2, -0.15) is 0 Å². The highest BCUT2D eigenvalue weighted by Gasteiger charge is 2.07. The highest BCUT2D eigenvalue weighted by Crippen LogP contribution is 2.21. The molecule has 0 atom stereocenters. The van der Waals surface area contributed by atoms with Gasteiger partial charge in [-0.15, -0.1) is 0 Å². The van der Waals surface area contributed by atoms with Gasteiger partial charge in [0.15, 0.2) is 0 Å². The Morgan fingerprint density at radius 2 is 2.12 bits per heavy atom. The van der Waals surface area contributed by atoms with Gasteiger partial charge >= 0.3 is 0 Å². The second kappa shape index (κ2) is 6.23. The first-order valence-electron chi connectivity index (χ1n) is 5.99. The molecular weight excluding hydrogens is 216 g/mol. The van der Waals surface area contributed by atoms with Crippen LogP contribution in [-0.2, 0) is 0 Å². The standard InChI is InChI=1S/C13H20N2O2/c1-10(2)5-4-8-14-13-9-12(15(16)17)7-6-11(13)3/h6-7,9-10,14H,4-5,8H2,1-3H3. The topological polar surface area (TPSA) is 55.2 Å². The van der Waals surface area contributed by atoms with E-state index in [1.165, 1.54) is 12.5 Å². The van der Waals surface area contributed by atoms with Crippen LogP contribution >= 0.6 is 0 Å². The van der Waals surface area contributed by atoms with Crippen LogP contribution in [0.25, 0.3) is 0 Å². The van der Waals surface area contributed by atoms with E-state index in [2.05, 4.69) is 19.2 Å². The van der Waals surface area contributed by atoms with Gasteiger partial charge in [-0.1, -0.05) is 19.9 Å². The van der Waals surface area contributed by atoms with Crippen molar-refractivity contribution in [3.8, 4) is 0 Å². The molecule has 4 heteroatoms. The minimum atomic E-state index is -0.362. The zero-order chi connectivity index (χ0) is 12.8. The van der Waals surface area contributed by atoms with Crippen LogP contribution in [0.15, 0.2) is 18.2 Å². The van der Waals surface area contributed by atoms with Crippen LogP contribution in [-0.4, -0.2) is 11.5 Å². The van der Waals surface area contributed by atoms with Crippen LogP contribution in [0, 0.1) is 23.0 Å². The SMILES string of the molecule is Cc1ccc([N+](=O)[O-])cc1NCCCC(C)C. The summed E-state index contributed by atoms with van der Waals surface area (Å²) in [5.74, 6) is 0.697. The maximum Gasteiger partial charge on any atom is 0.271 e. The average Bonchev–Trinajstić information content (AvgIpc) is 2.25. The van der Waals surface area contributed by atoms with Crippen LogP contribution in [0.5, 0.6) is 0 Å². The quantitative estimate of drug-likeness (QED) is 0.465. The molecule has 0 unspecified atom stereocenters. The molecule has 0 amide bonds. The van der Waals surface area contributed by atoms with Gasteiger partial charge in [0.25, 0.3) is 5.69 Å². The predicted octanol–water partition coefficient (Wildman–Crippen LogP) is 3.75. The molecule has 94 valence electrons. The molecule has 0 heterocycles. The predicted molar refractivity (Wildman–Crippen MR) is 70.4 cm³/mol. The van der Waals surface area contributed by atoms with Gasteiger partial charge in [-0.05, 0) is 31.2 Å². The van der Waals surface area contributed by atoms with Gasteiger partial charge in [-0.3, -0.25) is 10.1 Å². The summed E-state index contributed by atoms with van der Waals surface area (Å²) in [5.41, 5.74) is 2.05. The molecule has 4 nitrogen and oxygen atoms in total. The van der Waals surface area contributed by atoms with Crippen LogP contribution in [0.1, 0.15) is 32.3 Å². The lowest BCUT2D eigenvalue weighted by atomic mass is 10.1. The fourth-order valence-corrected chi connectivity index (χ4v) is 1.65. The lowest BCUT2D eigenvalue weighted by molar-refractivity contribution is -0.384. The van der Waals surface area contributed by atoms with Crippen molar-refractivity contribution < 1.29 is 4.92 Å². The number of nitrogens with zero attached hydrogens (tertiary/aromatic N) is 1. The van der Waals surface area contributed by atoms with Gasteiger partial charge in [0, 0.05) is 24.4 Å². The molecule has 1 N–H and O–H groups in total. The minimum Gasteiger partial charge on any atom is -0.385 e. The monoisotopic (exact) mass is 236 g/mol.